The number of ketones is 1. The fourth-order valence-corrected chi connectivity index (χ4v) is 3.90. The number of rotatable bonds is 7. The first kappa shape index (κ1) is 19.3. The van der Waals surface area contributed by atoms with Gasteiger partial charge in [-0.3, -0.25) is 4.79 Å². The van der Waals surface area contributed by atoms with E-state index in [1.807, 2.05) is 50.3 Å². The number of nitrogens with zero attached hydrogens (tertiary/aromatic N) is 3. The molecule has 1 atom stereocenters. The summed E-state index contributed by atoms with van der Waals surface area (Å²) in [5.74, 6) is 1.90. The minimum atomic E-state index is -0.472. The molecule has 1 aromatic carbocycles. The molecule has 1 aliphatic heterocycles. The van der Waals surface area contributed by atoms with E-state index in [9.17, 15) is 4.79 Å². The molecule has 3 heterocycles. The first-order chi connectivity index (χ1) is 14.1. The number of ether oxygens (including phenoxy) is 2. The van der Waals surface area contributed by atoms with Crippen LogP contribution in [-0.2, 0) is 6.54 Å². The molecular weight excluding hydrogens is 390 g/mol. The van der Waals surface area contributed by atoms with E-state index in [0.717, 1.165) is 11.4 Å². The average Bonchev–Trinajstić information content (AvgIpc) is 3.32. The molecule has 1 unspecified atom stereocenters. The van der Waals surface area contributed by atoms with E-state index in [1.165, 1.54) is 11.8 Å². The third kappa shape index (κ3) is 3.93. The average molecular weight is 411 g/mol. The van der Waals surface area contributed by atoms with E-state index in [1.54, 1.807) is 0 Å². The maximum absolute atomic E-state index is 12.7. The van der Waals surface area contributed by atoms with Crippen molar-refractivity contribution in [3.63, 3.8) is 0 Å². The molecule has 0 saturated heterocycles. The van der Waals surface area contributed by atoms with E-state index in [0.29, 0.717) is 34.7 Å². The normalized spacial score (nSPS) is 15.3. The van der Waals surface area contributed by atoms with E-state index >= 15 is 0 Å². The highest BCUT2D eigenvalue weighted by atomic mass is 32.2. The molecule has 0 N–H and O–H groups in total. The molecule has 0 fully saturated rings. The van der Waals surface area contributed by atoms with Gasteiger partial charge in [-0.1, -0.05) is 30.0 Å². The molecule has 3 aromatic rings. The molecule has 0 saturated carbocycles. The van der Waals surface area contributed by atoms with E-state index in [-0.39, 0.29) is 18.1 Å². The molecule has 0 spiro atoms. The number of hydrogen-bond donors (Lipinski definition) is 0. The highest BCUT2D eigenvalue weighted by molar-refractivity contribution is 7.99. The molecule has 4 rings (SSSR count). The Bertz CT molecular complexity index is 1060. The Labute approximate surface area is 172 Å². The zero-order valence-electron chi connectivity index (χ0n) is 16.3. The summed E-state index contributed by atoms with van der Waals surface area (Å²) in [7, 11) is 0. The highest BCUT2D eigenvalue weighted by Crippen LogP contribution is 2.36. The number of carbonyl (C=O) groups excluding carboxylic acids is 1. The standard InChI is InChI=1S/C21H21N3O4S/c1-4-9-24-13(2)10-15(14(24)3)16(25)12-29-21-23-22-20(28-21)19-11-26-17-7-5-6-8-18(17)27-19/h4-8,10,19H,1,9,11-12H2,2-3H3. The first-order valence-corrected chi connectivity index (χ1v) is 10.2. The molecule has 2 aromatic heterocycles. The van der Waals surface area contributed by atoms with Gasteiger partial charge in [0, 0.05) is 23.5 Å². The van der Waals surface area contributed by atoms with E-state index in [2.05, 4.69) is 21.3 Å². The minimum Gasteiger partial charge on any atom is -0.485 e. The summed E-state index contributed by atoms with van der Waals surface area (Å²) in [6, 6.07) is 9.34. The summed E-state index contributed by atoms with van der Waals surface area (Å²) < 4.78 is 19.3. The predicted octanol–water partition coefficient (Wildman–Crippen LogP) is 4.16. The Morgan fingerprint density at radius 2 is 2.10 bits per heavy atom. The highest BCUT2D eigenvalue weighted by Gasteiger charge is 2.27. The fraction of sp³-hybridized carbons (Fsp3) is 0.286. The van der Waals surface area contributed by atoms with Crippen molar-refractivity contribution in [2.75, 3.05) is 12.4 Å². The van der Waals surface area contributed by atoms with Crippen LogP contribution < -0.4 is 9.47 Å². The molecular formula is C21H21N3O4S. The van der Waals surface area contributed by atoms with Crippen LogP contribution in [0, 0.1) is 13.8 Å². The monoisotopic (exact) mass is 411 g/mol. The van der Waals surface area contributed by atoms with Gasteiger partial charge in [0.2, 0.25) is 6.10 Å². The Balaban J connectivity index is 1.40. The second-order valence-electron chi connectivity index (χ2n) is 6.67. The smallest absolute Gasteiger partial charge is 0.277 e. The molecule has 0 radical (unpaired) electrons. The van der Waals surface area contributed by atoms with Gasteiger partial charge in [-0.05, 0) is 32.0 Å². The van der Waals surface area contributed by atoms with Gasteiger partial charge in [0.15, 0.2) is 17.3 Å². The first-order valence-electron chi connectivity index (χ1n) is 9.22. The van der Waals surface area contributed by atoms with Crippen LogP contribution in [0.2, 0.25) is 0 Å². The van der Waals surface area contributed by atoms with Crippen molar-refractivity contribution in [1.29, 1.82) is 0 Å². The second-order valence-corrected chi connectivity index (χ2v) is 7.59. The van der Waals surface area contributed by atoms with E-state index < -0.39 is 6.10 Å². The van der Waals surface area contributed by atoms with Crippen molar-refractivity contribution in [3.05, 3.63) is 65.8 Å². The number of hydrogen-bond acceptors (Lipinski definition) is 7. The lowest BCUT2D eigenvalue weighted by Crippen LogP contribution is -2.21. The Hall–Kier alpha value is -3.00. The third-order valence-electron chi connectivity index (χ3n) is 4.72. The lowest BCUT2D eigenvalue weighted by atomic mass is 10.2. The van der Waals surface area contributed by atoms with Crippen LogP contribution in [0.25, 0.3) is 0 Å². The van der Waals surface area contributed by atoms with Gasteiger partial charge in [-0.2, -0.15) is 0 Å². The SMILES string of the molecule is C=CCn1c(C)cc(C(=O)CSc2nnc(C3COc4ccccc4O3)o2)c1C. The van der Waals surface area contributed by atoms with Gasteiger partial charge in [0.1, 0.15) is 6.61 Å². The molecule has 8 heteroatoms. The molecule has 29 heavy (non-hydrogen) atoms. The molecule has 150 valence electrons. The van der Waals surface area contributed by atoms with Gasteiger partial charge < -0.3 is 18.5 Å². The summed E-state index contributed by atoms with van der Waals surface area (Å²) in [5.41, 5.74) is 2.67. The van der Waals surface area contributed by atoms with Crippen LogP contribution in [0.3, 0.4) is 0 Å². The topological polar surface area (TPSA) is 79.4 Å². The van der Waals surface area contributed by atoms with Gasteiger partial charge in [0.05, 0.1) is 5.75 Å². The van der Waals surface area contributed by atoms with Gasteiger partial charge in [0.25, 0.3) is 11.1 Å². The van der Waals surface area contributed by atoms with E-state index in [4.69, 9.17) is 13.9 Å². The van der Waals surface area contributed by atoms with Gasteiger partial charge >= 0.3 is 0 Å². The van der Waals surface area contributed by atoms with Crippen LogP contribution in [-0.4, -0.2) is 32.9 Å². The number of allylic oxidation sites excluding steroid dienone is 1. The number of thioether (sulfide) groups is 1. The second kappa shape index (κ2) is 8.16. The molecule has 0 bridgehead atoms. The summed E-state index contributed by atoms with van der Waals surface area (Å²) >= 11 is 1.22. The van der Waals surface area contributed by atoms with Crippen molar-refractivity contribution in [2.24, 2.45) is 0 Å². The number of aromatic nitrogens is 3. The van der Waals surface area contributed by atoms with Gasteiger partial charge in [-0.15, -0.1) is 16.8 Å². The summed E-state index contributed by atoms with van der Waals surface area (Å²) in [6.07, 6.45) is 1.35. The molecule has 7 nitrogen and oxygen atoms in total. The van der Waals surface area contributed by atoms with Crippen LogP contribution in [0.5, 0.6) is 11.5 Å². The summed E-state index contributed by atoms with van der Waals surface area (Å²) in [4.78, 5) is 12.7. The number of benzene rings is 1. The van der Waals surface area contributed by atoms with Crippen LogP contribution >= 0.6 is 11.8 Å². The number of carbonyl (C=O) groups is 1. The number of para-hydroxylation sites is 2. The fourth-order valence-electron chi connectivity index (χ4n) is 3.25. The Morgan fingerprint density at radius 3 is 2.90 bits per heavy atom. The maximum atomic E-state index is 12.7. The van der Waals surface area contributed by atoms with Crippen molar-refractivity contribution < 1.29 is 18.7 Å². The largest absolute Gasteiger partial charge is 0.485 e. The van der Waals surface area contributed by atoms with Gasteiger partial charge in [-0.25, -0.2) is 0 Å². The predicted molar refractivity (Wildman–Crippen MR) is 109 cm³/mol. The van der Waals surface area contributed by atoms with Crippen molar-refractivity contribution >= 4 is 17.5 Å². The number of aryl methyl sites for hydroxylation is 1. The van der Waals surface area contributed by atoms with Crippen LogP contribution in [0.1, 0.15) is 33.7 Å². The molecule has 0 aliphatic carbocycles. The minimum absolute atomic E-state index is 0.0179. The zero-order chi connectivity index (χ0) is 20.4. The van der Waals surface area contributed by atoms with Crippen molar-refractivity contribution in [1.82, 2.24) is 14.8 Å². The lowest BCUT2D eigenvalue weighted by molar-refractivity contribution is 0.0686. The van der Waals surface area contributed by atoms with Crippen LogP contribution in [0.15, 0.2) is 52.6 Å². The molecule has 1 aliphatic rings. The maximum Gasteiger partial charge on any atom is 0.277 e. The Kier molecular flexibility index (Phi) is 5.44. The third-order valence-corrected chi connectivity index (χ3v) is 5.54. The lowest BCUT2D eigenvalue weighted by Gasteiger charge is -2.23. The summed E-state index contributed by atoms with van der Waals surface area (Å²) in [5, 5.41) is 8.41. The number of fused-ring (bicyclic) bond motifs is 1. The molecule has 0 amide bonds. The quantitative estimate of drug-likeness (QED) is 0.328. The number of Topliss-reactive ketones (excluding diaryl/α,β-unsaturated/α-hetero) is 1. The van der Waals surface area contributed by atoms with Crippen LogP contribution in [0.4, 0.5) is 0 Å². The van der Waals surface area contributed by atoms with Crippen molar-refractivity contribution in [3.8, 4) is 11.5 Å². The summed E-state index contributed by atoms with van der Waals surface area (Å²) in [6.45, 7) is 8.66. The Morgan fingerprint density at radius 1 is 1.31 bits per heavy atom. The zero-order valence-corrected chi connectivity index (χ0v) is 17.1. The van der Waals surface area contributed by atoms with Crippen molar-refractivity contribution in [2.45, 2.75) is 31.7 Å².